The number of fused-ring (bicyclic) bond motifs is 1. The van der Waals surface area contributed by atoms with Gasteiger partial charge in [-0.25, -0.2) is 0 Å². The van der Waals surface area contributed by atoms with Crippen LogP contribution in [0.1, 0.15) is 34.8 Å². The van der Waals surface area contributed by atoms with Crippen LogP contribution >= 0.6 is 15.9 Å². The lowest BCUT2D eigenvalue weighted by molar-refractivity contribution is -0.135. The van der Waals surface area contributed by atoms with Gasteiger partial charge in [0.15, 0.2) is 11.4 Å². The van der Waals surface area contributed by atoms with Crippen LogP contribution in [0, 0.1) is 0 Å². The van der Waals surface area contributed by atoms with Crippen LogP contribution in [-0.4, -0.2) is 29.9 Å². The van der Waals surface area contributed by atoms with E-state index in [4.69, 9.17) is 4.74 Å². The average molecular weight is 494 g/mol. The molecule has 3 aromatic rings. The van der Waals surface area contributed by atoms with E-state index in [0.29, 0.717) is 42.1 Å². The smallest absolute Gasteiger partial charge is 0.264 e. The lowest BCUT2D eigenvalue weighted by Gasteiger charge is -2.23. The van der Waals surface area contributed by atoms with Crippen molar-refractivity contribution in [3.05, 3.63) is 94.0 Å². The van der Waals surface area contributed by atoms with Crippen LogP contribution in [0.5, 0.6) is 5.75 Å². The van der Waals surface area contributed by atoms with E-state index in [9.17, 15) is 14.7 Å². The van der Waals surface area contributed by atoms with Crippen molar-refractivity contribution in [3.63, 3.8) is 0 Å². The molecule has 0 spiro atoms. The van der Waals surface area contributed by atoms with E-state index < -0.39 is 11.5 Å². The molecule has 1 aliphatic rings. The van der Waals surface area contributed by atoms with Crippen molar-refractivity contribution in [2.75, 3.05) is 18.1 Å². The molecule has 4 rings (SSSR count). The number of hydrogen-bond acceptors (Lipinski definition) is 4. The molecule has 0 radical (unpaired) electrons. The fourth-order valence-corrected chi connectivity index (χ4v) is 4.40. The van der Waals surface area contributed by atoms with Crippen molar-refractivity contribution in [2.24, 2.45) is 0 Å². The summed E-state index contributed by atoms with van der Waals surface area (Å²) < 4.78 is 6.16. The molecule has 6 heteroatoms. The van der Waals surface area contributed by atoms with Gasteiger partial charge in [0.25, 0.3) is 5.91 Å². The number of anilines is 1. The Kier molecular flexibility index (Phi) is 6.44. The number of carbonyl (C=O) groups is 2. The Hall–Kier alpha value is -2.96. The fraction of sp³-hybridized carbons (Fsp3) is 0.231. The Morgan fingerprint density at radius 2 is 1.78 bits per heavy atom. The third kappa shape index (κ3) is 4.33. The number of rotatable bonds is 8. The van der Waals surface area contributed by atoms with E-state index in [1.54, 1.807) is 35.2 Å². The van der Waals surface area contributed by atoms with Crippen LogP contribution in [-0.2, 0) is 16.8 Å². The highest BCUT2D eigenvalue weighted by Crippen LogP contribution is 2.44. The lowest BCUT2D eigenvalue weighted by atomic mass is 9.88. The second-order valence-electron chi connectivity index (χ2n) is 7.77. The zero-order chi connectivity index (χ0) is 22.7. The molecular weight excluding hydrogens is 470 g/mol. The first kappa shape index (κ1) is 22.2. The molecule has 0 unspecified atom stereocenters. The third-order valence-corrected chi connectivity index (χ3v) is 6.16. The van der Waals surface area contributed by atoms with Crippen molar-refractivity contribution < 1.29 is 19.4 Å². The number of carbonyl (C=O) groups excluding carboxylic acids is 2. The van der Waals surface area contributed by atoms with E-state index in [0.717, 1.165) is 10.0 Å². The Morgan fingerprint density at radius 3 is 2.47 bits per heavy atom. The van der Waals surface area contributed by atoms with E-state index in [1.165, 1.54) is 0 Å². The number of amides is 1. The predicted octanol–water partition coefficient (Wildman–Crippen LogP) is 4.90. The monoisotopic (exact) mass is 493 g/mol. The first-order chi connectivity index (χ1) is 15.4. The van der Waals surface area contributed by atoms with Gasteiger partial charge in [0.1, 0.15) is 5.75 Å². The topological polar surface area (TPSA) is 66.8 Å². The molecule has 0 aromatic heterocycles. The number of ketones is 1. The van der Waals surface area contributed by atoms with Gasteiger partial charge in [-0.15, -0.1) is 0 Å². The molecule has 1 atom stereocenters. The van der Waals surface area contributed by atoms with Crippen molar-refractivity contribution in [2.45, 2.75) is 25.4 Å². The highest BCUT2D eigenvalue weighted by atomic mass is 79.9. The summed E-state index contributed by atoms with van der Waals surface area (Å²) in [5, 5.41) is 11.5. The summed E-state index contributed by atoms with van der Waals surface area (Å²) in [6.45, 7) is 2.84. The first-order valence-electron chi connectivity index (χ1n) is 10.6. The van der Waals surface area contributed by atoms with Crippen LogP contribution in [0.2, 0.25) is 0 Å². The largest absolute Gasteiger partial charge is 0.494 e. The number of nitrogens with zero attached hydrogens (tertiary/aromatic N) is 1. The maximum Gasteiger partial charge on any atom is 0.264 e. The number of ether oxygens (including phenoxy) is 1. The highest BCUT2D eigenvalue weighted by Gasteiger charge is 2.50. The quantitative estimate of drug-likeness (QED) is 0.453. The van der Waals surface area contributed by atoms with Gasteiger partial charge in [-0.2, -0.15) is 0 Å². The lowest BCUT2D eigenvalue weighted by Crippen LogP contribution is -2.42. The van der Waals surface area contributed by atoms with Crippen LogP contribution in [0.3, 0.4) is 0 Å². The Bertz CT molecular complexity index is 1130. The molecule has 0 saturated carbocycles. The Morgan fingerprint density at radius 1 is 1.06 bits per heavy atom. The van der Waals surface area contributed by atoms with Gasteiger partial charge >= 0.3 is 0 Å². The predicted molar refractivity (Wildman–Crippen MR) is 127 cm³/mol. The number of hydrogen-bond donors (Lipinski definition) is 1. The molecule has 0 fully saturated rings. The minimum Gasteiger partial charge on any atom is -0.494 e. The van der Waals surface area contributed by atoms with Gasteiger partial charge in [0.05, 0.1) is 18.7 Å². The Labute approximate surface area is 195 Å². The van der Waals surface area contributed by atoms with Gasteiger partial charge in [-0.3, -0.25) is 9.59 Å². The molecule has 164 valence electrons. The minimum absolute atomic E-state index is 0.306. The minimum atomic E-state index is -1.91. The summed E-state index contributed by atoms with van der Waals surface area (Å²) in [5.41, 5.74) is 0.694. The van der Waals surface area contributed by atoms with E-state index in [-0.39, 0.29) is 12.2 Å². The van der Waals surface area contributed by atoms with E-state index in [2.05, 4.69) is 15.9 Å². The van der Waals surface area contributed by atoms with Crippen LogP contribution < -0.4 is 9.64 Å². The first-order valence-corrected chi connectivity index (χ1v) is 11.4. The van der Waals surface area contributed by atoms with Crippen molar-refractivity contribution in [1.82, 2.24) is 0 Å². The second-order valence-corrected chi connectivity index (χ2v) is 8.69. The standard InChI is InChI=1S/C26H24BrNO4/c1-2-32-21-11-8-19(9-12-21)24(29)17-26(31)22-16-20(27)10-13-23(22)28(25(26)30)15-14-18-6-4-3-5-7-18/h3-13,16,31H,2,14-15,17H2,1H3/t26-/m0/s1. The molecule has 1 heterocycles. The van der Waals surface area contributed by atoms with E-state index in [1.807, 2.05) is 49.4 Å². The summed E-state index contributed by atoms with van der Waals surface area (Å²) in [5.74, 6) is -0.110. The maximum absolute atomic E-state index is 13.4. The average Bonchev–Trinajstić information content (AvgIpc) is 3.00. The van der Waals surface area contributed by atoms with Gasteiger partial charge in [0.2, 0.25) is 0 Å². The summed E-state index contributed by atoms with van der Waals surface area (Å²) >= 11 is 3.43. The van der Waals surface area contributed by atoms with Gasteiger partial charge < -0.3 is 14.7 Å². The molecule has 1 N–H and O–H groups in total. The summed E-state index contributed by atoms with van der Waals surface area (Å²) in [4.78, 5) is 28.0. The highest BCUT2D eigenvalue weighted by molar-refractivity contribution is 9.10. The molecular formula is C26H24BrNO4. The van der Waals surface area contributed by atoms with Crippen molar-refractivity contribution in [3.8, 4) is 5.75 Å². The van der Waals surface area contributed by atoms with Crippen LogP contribution in [0.4, 0.5) is 5.69 Å². The second kappa shape index (κ2) is 9.27. The molecule has 1 amide bonds. The summed E-state index contributed by atoms with van der Waals surface area (Å²) in [6, 6.07) is 22.0. The molecule has 5 nitrogen and oxygen atoms in total. The summed E-state index contributed by atoms with van der Waals surface area (Å²) in [7, 11) is 0. The van der Waals surface area contributed by atoms with Crippen molar-refractivity contribution in [1.29, 1.82) is 0 Å². The molecule has 0 saturated heterocycles. The molecule has 3 aromatic carbocycles. The SMILES string of the molecule is CCOc1ccc(C(=O)C[C@@]2(O)C(=O)N(CCc3ccccc3)c3ccc(Br)cc32)cc1. The summed E-state index contributed by atoms with van der Waals surface area (Å²) in [6.07, 6.45) is 0.316. The Balaban J connectivity index is 1.60. The molecule has 0 bridgehead atoms. The molecule has 32 heavy (non-hydrogen) atoms. The van der Waals surface area contributed by atoms with Crippen molar-refractivity contribution >= 4 is 33.3 Å². The van der Waals surface area contributed by atoms with Crippen LogP contribution in [0.25, 0.3) is 0 Å². The fourth-order valence-electron chi connectivity index (χ4n) is 4.04. The number of aliphatic hydroxyl groups is 1. The number of benzene rings is 3. The van der Waals surface area contributed by atoms with E-state index >= 15 is 0 Å². The van der Waals surface area contributed by atoms with Gasteiger partial charge in [-0.1, -0.05) is 46.3 Å². The van der Waals surface area contributed by atoms with Gasteiger partial charge in [-0.05, 0) is 61.4 Å². The zero-order valence-corrected chi connectivity index (χ0v) is 19.3. The molecule has 1 aliphatic heterocycles. The maximum atomic E-state index is 13.4. The number of Topliss-reactive ketones (excluding diaryl/α,β-unsaturated/α-hetero) is 1. The zero-order valence-electron chi connectivity index (χ0n) is 17.8. The third-order valence-electron chi connectivity index (χ3n) is 5.66. The van der Waals surface area contributed by atoms with Crippen LogP contribution in [0.15, 0.2) is 77.3 Å². The van der Waals surface area contributed by atoms with Gasteiger partial charge in [0, 0.05) is 22.1 Å². The molecule has 0 aliphatic carbocycles. The normalized spacial score (nSPS) is 17.3. The number of halogens is 1.